The lowest BCUT2D eigenvalue weighted by Gasteiger charge is -2.31. The van der Waals surface area contributed by atoms with E-state index in [-0.39, 0.29) is 11.9 Å². The number of aryl methyl sites for hydroxylation is 1. The Bertz CT molecular complexity index is 872. The third-order valence-electron chi connectivity index (χ3n) is 5.06. The van der Waals surface area contributed by atoms with E-state index >= 15 is 0 Å². The van der Waals surface area contributed by atoms with Crippen LogP contribution in [0.4, 0.5) is 4.39 Å². The Labute approximate surface area is 153 Å². The minimum atomic E-state index is -0.192. The van der Waals surface area contributed by atoms with Gasteiger partial charge in [-0.25, -0.2) is 4.39 Å². The molecule has 4 heteroatoms. The predicted molar refractivity (Wildman–Crippen MR) is 101 cm³/mol. The maximum absolute atomic E-state index is 13.3. The molecular formula is C22H23FN2O. The average molecular weight is 350 g/mol. The van der Waals surface area contributed by atoms with Gasteiger partial charge in [-0.2, -0.15) is 0 Å². The maximum atomic E-state index is 13.3. The lowest BCUT2D eigenvalue weighted by atomic mass is 10.0. The van der Waals surface area contributed by atoms with Gasteiger partial charge in [-0.05, 0) is 53.9 Å². The van der Waals surface area contributed by atoms with E-state index in [2.05, 4.69) is 39.9 Å². The molecule has 2 heterocycles. The summed E-state index contributed by atoms with van der Waals surface area (Å²) in [6.07, 6.45) is 3.24. The second-order valence-corrected chi connectivity index (χ2v) is 6.76. The second-order valence-electron chi connectivity index (χ2n) is 6.76. The highest BCUT2D eigenvalue weighted by molar-refractivity contribution is 5.36. The molecule has 0 fully saturated rings. The number of hydrogen-bond donors (Lipinski definition) is 0. The van der Waals surface area contributed by atoms with Crippen molar-refractivity contribution >= 4 is 0 Å². The van der Waals surface area contributed by atoms with E-state index in [0.29, 0.717) is 0 Å². The Hall–Kier alpha value is -2.59. The van der Waals surface area contributed by atoms with Gasteiger partial charge in [0.2, 0.25) is 0 Å². The summed E-state index contributed by atoms with van der Waals surface area (Å²) in [4.78, 5) is 2.47. The highest BCUT2D eigenvalue weighted by Crippen LogP contribution is 2.34. The number of fused-ring (bicyclic) bond motifs is 1. The largest absolute Gasteiger partial charge is 0.497 e. The molecule has 1 aliphatic heterocycles. The number of hydrogen-bond acceptors (Lipinski definition) is 2. The average Bonchev–Trinajstić information content (AvgIpc) is 3.05. The first kappa shape index (κ1) is 16.9. The molecule has 3 aromatic rings. The Morgan fingerprint density at radius 3 is 2.69 bits per heavy atom. The van der Waals surface area contributed by atoms with Crippen LogP contribution in [-0.2, 0) is 13.1 Å². The molecule has 0 saturated heterocycles. The highest BCUT2D eigenvalue weighted by Gasteiger charge is 2.27. The summed E-state index contributed by atoms with van der Waals surface area (Å²) in [6, 6.07) is 19.6. The van der Waals surface area contributed by atoms with Crippen LogP contribution in [0.15, 0.2) is 66.9 Å². The molecule has 0 radical (unpaired) electrons. The number of ether oxygens (including phenoxy) is 1. The van der Waals surface area contributed by atoms with Gasteiger partial charge < -0.3 is 9.30 Å². The molecule has 4 rings (SSSR count). The highest BCUT2D eigenvalue weighted by atomic mass is 19.1. The van der Waals surface area contributed by atoms with Crippen molar-refractivity contribution < 1.29 is 9.13 Å². The first-order valence-corrected chi connectivity index (χ1v) is 9.02. The summed E-state index contributed by atoms with van der Waals surface area (Å²) in [5.41, 5.74) is 3.63. The smallest absolute Gasteiger partial charge is 0.123 e. The molecule has 0 N–H and O–H groups in total. The van der Waals surface area contributed by atoms with Crippen molar-refractivity contribution in [1.29, 1.82) is 0 Å². The lowest BCUT2D eigenvalue weighted by molar-refractivity contribution is 0.220. The van der Waals surface area contributed by atoms with Crippen molar-refractivity contribution in [3.63, 3.8) is 0 Å². The van der Waals surface area contributed by atoms with Crippen molar-refractivity contribution in [3.05, 3.63) is 89.5 Å². The van der Waals surface area contributed by atoms with Gasteiger partial charge in [0.15, 0.2) is 0 Å². The quantitative estimate of drug-likeness (QED) is 0.682. The van der Waals surface area contributed by atoms with E-state index in [1.165, 1.54) is 23.4 Å². The van der Waals surface area contributed by atoms with Gasteiger partial charge in [-0.3, -0.25) is 4.90 Å². The molecule has 0 spiro atoms. The fourth-order valence-corrected chi connectivity index (χ4v) is 3.83. The zero-order valence-electron chi connectivity index (χ0n) is 14.9. The third kappa shape index (κ3) is 3.37. The molecular weight excluding hydrogens is 327 g/mol. The van der Waals surface area contributed by atoms with E-state index in [4.69, 9.17) is 4.74 Å². The minimum absolute atomic E-state index is 0.146. The van der Waals surface area contributed by atoms with Crippen LogP contribution in [0.3, 0.4) is 0 Å². The molecule has 1 aliphatic rings. The summed E-state index contributed by atoms with van der Waals surface area (Å²) in [5, 5.41) is 0. The Morgan fingerprint density at radius 1 is 1.04 bits per heavy atom. The summed E-state index contributed by atoms with van der Waals surface area (Å²) in [7, 11) is 1.70. The second kappa shape index (κ2) is 7.34. The van der Waals surface area contributed by atoms with Crippen molar-refractivity contribution in [1.82, 2.24) is 9.47 Å². The summed E-state index contributed by atoms with van der Waals surface area (Å²) >= 11 is 0. The zero-order valence-corrected chi connectivity index (χ0v) is 14.9. The Kier molecular flexibility index (Phi) is 4.76. The Morgan fingerprint density at radius 2 is 1.88 bits per heavy atom. The van der Waals surface area contributed by atoms with Gasteiger partial charge in [0.05, 0.1) is 13.2 Å². The van der Waals surface area contributed by atoms with Crippen molar-refractivity contribution in [3.8, 4) is 5.75 Å². The first-order chi connectivity index (χ1) is 12.7. The monoisotopic (exact) mass is 350 g/mol. The third-order valence-corrected chi connectivity index (χ3v) is 5.06. The maximum Gasteiger partial charge on any atom is 0.123 e. The zero-order chi connectivity index (χ0) is 17.9. The van der Waals surface area contributed by atoms with Gasteiger partial charge in [-0.15, -0.1) is 0 Å². The molecule has 1 atom stereocenters. The van der Waals surface area contributed by atoms with Crippen molar-refractivity contribution in [2.45, 2.75) is 25.6 Å². The molecule has 0 bridgehead atoms. The van der Waals surface area contributed by atoms with E-state index in [9.17, 15) is 4.39 Å². The van der Waals surface area contributed by atoms with Crippen LogP contribution in [0.2, 0.25) is 0 Å². The summed E-state index contributed by atoms with van der Waals surface area (Å²) in [6.45, 7) is 2.79. The van der Waals surface area contributed by atoms with Gasteiger partial charge in [0.1, 0.15) is 11.6 Å². The van der Waals surface area contributed by atoms with Crippen LogP contribution in [0.5, 0.6) is 5.75 Å². The number of benzene rings is 2. The SMILES string of the molecule is COc1cccc(C2c3cccn3CCCN2Cc2ccc(F)cc2)c1. The van der Waals surface area contributed by atoms with Crippen molar-refractivity contribution in [2.24, 2.45) is 0 Å². The molecule has 0 aliphatic carbocycles. The van der Waals surface area contributed by atoms with Gasteiger partial charge in [0.25, 0.3) is 0 Å². The van der Waals surface area contributed by atoms with Crippen LogP contribution in [-0.4, -0.2) is 23.1 Å². The van der Waals surface area contributed by atoms with E-state index in [0.717, 1.165) is 37.4 Å². The molecule has 0 saturated carbocycles. The molecule has 1 unspecified atom stereocenters. The normalized spacial score (nSPS) is 17.5. The molecule has 2 aromatic carbocycles. The summed E-state index contributed by atoms with van der Waals surface area (Å²) < 4.78 is 21.1. The van der Waals surface area contributed by atoms with Gasteiger partial charge in [-0.1, -0.05) is 24.3 Å². The molecule has 0 amide bonds. The standard InChI is InChI=1S/C22H23FN2O/c1-26-20-6-2-5-18(15-20)22-21-7-3-12-24(21)13-4-14-25(22)16-17-8-10-19(23)11-9-17/h2-3,5-12,15,22H,4,13-14,16H2,1H3. The number of methoxy groups -OCH3 is 1. The number of rotatable bonds is 4. The predicted octanol–water partition coefficient (Wildman–Crippen LogP) is 4.63. The van der Waals surface area contributed by atoms with E-state index < -0.39 is 0 Å². The molecule has 26 heavy (non-hydrogen) atoms. The number of aromatic nitrogens is 1. The topological polar surface area (TPSA) is 17.4 Å². The fraction of sp³-hybridized carbons (Fsp3) is 0.273. The lowest BCUT2D eigenvalue weighted by Crippen LogP contribution is -2.29. The first-order valence-electron chi connectivity index (χ1n) is 9.02. The van der Waals surface area contributed by atoms with E-state index in [1.807, 2.05) is 24.3 Å². The molecule has 3 nitrogen and oxygen atoms in total. The van der Waals surface area contributed by atoms with Crippen molar-refractivity contribution in [2.75, 3.05) is 13.7 Å². The Balaban J connectivity index is 1.73. The molecule has 1 aromatic heterocycles. The van der Waals surface area contributed by atoms with Gasteiger partial charge in [0, 0.05) is 31.5 Å². The van der Waals surface area contributed by atoms with Crippen LogP contribution in [0.1, 0.15) is 29.3 Å². The number of halogens is 1. The van der Waals surface area contributed by atoms with Crippen LogP contribution in [0.25, 0.3) is 0 Å². The minimum Gasteiger partial charge on any atom is -0.497 e. The molecule has 134 valence electrons. The van der Waals surface area contributed by atoms with E-state index in [1.54, 1.807) is 7.11 Å². The summed E-state index contributed by atoms with van der Waals surface area (Å²) in [5.74, 6) is 0.675. The van der Waals surface area contributed by atoms with Gasteiger partial charge >= 0.3 is 0 Å². The fourth-order valence-electron chi connectivity index (χ4n) is 3.83. The van der Waals surface area contributed by atoms with Crippen LogP contribution in [0, 0.1) is 5.82 Å². The van der Waals surface area contributed by atoms with Crippen LogP contribution >= 0.6 is 0 Å². The number of nitrogens with zero attached hydrogens (tertiary/aromatic N) is 2. The van der Waals surface area contributed by atoms with Crippen LogP contribution < -0.4 is 4.74 Å².